The van der Waals surface area contributed by atoms with Gasteiger partial charge in [0.1, 0.15) is 0 Å². The molecule has 76 valence electrons. The molecular weight excluding hydrogens is 164 g/mol. The molecule has 0 amide bonds. The second-order valence-electron chi connectivity index (χ2n) is 2.81. The van der Waals surface area contributed by atoms with E-state index < -0.39 is 0 Å². The monoisotopic (exact) mass is 184 g/mol. The molecule has 0 aliphatic heterocycles. The zero-order valence-electron chi connectivity index (χ0n) is 8.64. The van der Waals surface area contributed by atoms with Gasteiger partial charge in [-0.25, -0.2) is 4.99 Å². The number of guanidine groups is 1. The summed E-state index contributed by atoms with van der Waals surface area (Å²) in [5, 5.41) is 10.0. The Morgan fingerprint density at radius 2 is 2.08 bits per heavy atom. The number of hydrogen-bond donors (Lipinski definition) is 2. The summed E-state index contributed by atoms with van der Waals surface area (Å²) in [6.45, 7) is 11.6. The molecule has 0 saturated heterocycles. The van der Waals surface area contributed by atoms with Gasteiger partial charge in [0.05, 0.1) is 0 Å². The zero-order chi connectivity index (χ0) is 10.1. The average Bonchev–Trinajstić information content (AvgIpc) is 2.18. The highest BCUT2D eigenvalue weighted by molar-refractivity contribution is 5.80. The SMILES string of the molecule is C=NC(=N)NCCCN(CC)CC. The Kier molecular flexibility index (Phi) is 7.20. The van der Waals surface area contributed by atoms with E-state index in [0.717, 1.165) is 32.6 Å². The fourth-order valence-corrected chi connectivity index (χ4v) is 1.11. The summed E-state index contributed by atoms with van der Waals surface area (Å²) in [5.74, 6) is 0.166. The van der Waals surface area contributed by atoms with Gasteiger partial charge in [-0.05, 0) is 32.8 Å². The maximum absolute atomic E-state index is 7.16. The minimum Gasteiger partial charge on any atom is -0.355 e. The van der Waals surface area contributed by atoms with Crippen LogP contribution in [0.2, 0.25) is 0 Å². The summed E-state index contributed by atoms with van der Waals surface area (Å²) in [6, 6.07) is 0. The molecule has 0 fully saturated rings. The van der Waals surface area contributed by atoms with Gasteiger partial charge >= 0.3 is 0 Å². The van der Waals surface area contributed by atoms with Crippen LogP contribution in [0.4, 0.5) is 0 Å². The van der Waals surface area contributed by atoms with E-state index in [4.69, 9.17) is 5.41 Å². The smallest absolute Gasteiger partial charge is 0.214 e. The van der Waals surface area contributed by atoms with Gasteiger partial charge in [-0.1, -0.05) is 13.8 Å². The first-order valence-corrected chi connectivity index (χ1v) is 4.76. The Balaban J connectivity index is 3.33. The topological polar surface area (TPSA) is 51.5 Å². The van der Waals surface area contributed by atoms with Crippen molar-refractivity contribution in [3.63, 3.8) is 0 Å². The fraction of sp³-hybridized carbons (Fsp3) is 0.778. The first-order valence-electron chi connectivity index (χ1n) is 4.76. The lowest BCUT2D eigenvalue weighted by molar-refractivity contribution is 0.300. The van der Waals surface area contributed by atoms with Crippen LogP contribution < -0.4 is 5.32 Å². The number of nitrogens with one attached hydrogen (secondary N) is 2. The van der Waals surface area contributed by atoms with Crippen LogP contribution in [-0.2, 0) is 0 Å². The molecule has 4 nitrogen and oxygen atoms in total. The lowest BCUT2D eigenvalue weighted by Crippen LogP contribution is -2.28. The molecule has 0 aromatic carbocycles. The van der Waals surface area contributed by atoms with Gasteiger partial charge in [0.25, 0.3) is 0 Å². The standard InChI is InChI=1S/C9H20N4/c1-4-13(5-2)8-6-7-12-9(10)11-3/h3-8H2,1-2H3,(H2,10,12). The van der Waals surface area contributed by atoms with Gasteiger partial charge in [0.15, 0.2) is 0 Å². The third-order valence-corrected chi connectivity index (χ3v) is 2.00. The van der Waals surface area contributed by atoms with Crippen LogP contribution in [0.3, 0.4) is 0 Å². The van der Waals surface area contributed by atoms with Gasteiger partial charge in [-0.15, -0.1) is 0 Å². The summed E-state index contributed by atoms with van der Waals surface area (Å²) >= 11 is 0. The van der Waals surface area contributed by atoms with Crippen molar-refractivity contribution in [2.45, 2.75) is 20.3 Å². The van der Waals surface area contributed by atoms with E-state index >= 15 is 0 Å². The molecule has 0 heterocycles. The van der Waals surface area contributed by atoms with E-state index in [1.54, 1.807) is 0 Å². The summed E-state index contributed by atoms with van der Waals surface area (Å²) in [5.41, 5.74) is 0. The molecule has 0 aromatic heterocycles. The maximum atomic E-state index is 7.16. The van der Waals surface area contributed by atoms with E-state index in [1.807, 2.05) is 0 Å². The minimum atomic E-state index is 0.166. The predicted molar refractivity (Wildman–Crippen MR) is 57.7 cm³/mol. The largest absolute Gasteiger partial charge is 0.355 e. The van der Waals surface area contributed by atoms with Crippen LogP contribution in [0.25, 0.3) is 0 Å². The van der Waals surface area contributed by atoms with Crippen LogP contribution in [0.1, 0.15) is 20.3 Å². The van der Waals surface area contributed by atoms with Crippen molar-refractivity contribution in [2.75, 3.05) is 26.2 Å². The van der Waals surface area contributed by atoms with E-state index in [1.165, 1.54) is 0 Å². The third-order valence-electron chi connectivity index (χ3n) is 2.00. The second-order valence-corrected chi connectivity index (χ2v) is 2.81. The summed E-state index contributed by atoms with van der Waals surface area (Å²) < 4.78 is 0. The molecule has 13 heavy (non-hydrogen) atoms. The summed E-state index contributed by atoms with van der Waals surface area (Å²) in [4.78, 5) is 5.81. The van der Waals surface area contributed by atoms with Crippen molar-refractivity contribution in [2.24, 2.45) is 4.99 Å². The minimum absolute atomic E-state index is 0.166. The van der Waals surface area contributed by atoms with Crippen LogP contribution >= 0.6 is 0 Å². The van der Waals surface area contributed by atoms with Crippen LogP contribution in [0.5, 0.6) is 0 Å². The Morgan fingerprint density at radius 1 is 1.46 bits per heavy atom. The molecule has 0 rings (SSSR count). The van der Waals surface area contributed by atoms with Crippen LogP contribution in [0, 0.1) is 5.41 Å². The third kappa shape index (κ3) is 6.28. The Hall–Kier alpha value is -0.900. The molecule has 0 bridgehead atoms. The average molecular weight is 184 g/mol. The molecule has 0 aromatic rings. The maximum Gasteiger partial charge on any atom is 0.214 e. The van der Waals surface area contributed by atoms with Gasteiger partial charge in [0.2, 0.25) is 5.96 Å². The number of rotatable bonds is 6. The van der Waals surface area contributed by atoms with Crippen molar-refractivity contribution >= 4 is 12.7 Å². The Morgan fingerprint density at radius 3 is 2.54 bits per heavy atom. The normalized spacial score (nSPS) is 10.1. The van der Waals surface area contributed by atoms with Crippen LogP contribution in [0.15, 0.2) is 4.99 Å². The van der Waals surface area contributed by atoms with Gasteiger partial charge in [0, 0.05) is 6.54 Å². The molecule has 4 heteroatoms. The molecule has 0 radical (unpaired) electrons. The highest BCUT2D eigenvalue weighted by Gasteiger charge is 1.97. The van der Waals surface area contributed by atoms with E-state index in [9.17, 15) is 0 Å². The van der Waals surface area contributed by atoms with E-state index in [-0.39, 0.29) is 5.96 Å². The lowest BCUT2D eigenvalue weighted by Gasteiger charge is -2.17. The fourth-order valence-electron chi connectivity index (χ4n) is 1.11. The summed E-state index contributed by atoms with van der Waals surface area (Å²) in [6.07, 6.45) is 1.04. The molecule has 0 saturated carbocycles. The summed E-state index contributed by atoms with van der Waals surface area (Å²) in [7, 11) is 0. The number of aliphatic imine (C=N–C) groups is 1. The molecule has 2 N–H and O–H groups in total. The highest BCUT2D eigenvalue weighted by atomic mass is 15.1. The second kappa shape index (κ2) is 7.73. The van der Waals surface area contributed by atoms with Crippen molar-refractivity contribution in [1.29, 1.82) is 5.41 Å². The van der Waals surface area contributed by atoms with Crippen molar-refractivity contribution in [3.8, 4) is 0 Å². The van der Waals surface area contributed by atoms with Crippen molar-refractivity contribution < 1.29 is 0 Å². The van der Waals surface area contributed by atoms with Crippen molar-refractivity contribution in [1.82, 2.24) is 10.2 Å². The molecule has 0 aliphatic carbocycles. The molecule has 0 unspecified atom stereocenters. The zero-order valence-corrected chi connectivity index (χ0v) is 8.64. The molecule has 0 aliphatic rings. The van der Waals surface area contributed by atoms with Crippen LogP contribution in [-0.4, -0.2) is 43.8 Å². The Bertz CT molecular complexity index is 152. The predicted octanol–water partition coefficient (Wildman–Crippen LogP) is 0.943. The van der Waals surface area contributed by atoms with Gasteiger partial charge < -0.3 is 10.2 Å². The van der Waals surface area contributed by atoms with E-state index in [2.05, 4.69) is 35.8 Å². The lowest BCUT2D eigenvalue weighted by atomic mass is 10.3. The Labute approximate surface area is 80.5 Å². The number of nitrogens with zero attached hydrogens (tertiary/aromatic N) is 2. The molecule has 0 atom stereocenters. The number of hydrogen-bond acceptors (Lipinski definition) is 2. The molecule has 0 spiro atoms. The van der Waals surface area contributed by atoms with Gasteiger partial charge in [-0.2, -0.15) is 0 Å². The van der Waals surface area contributed by atoms with Gasteiger partial charge in [-0.3, -0.25) is 5.41 Å². The quantitative estimate of drug-likeness (QED) is 0.367. The van der Waals surface area contributed by atoms with Crippen molar-refractivity contribution in [3.05, 3.63) is 0 Å². The first kappa shape index (κ1) is 12.1. The first-order chi connectivity index (χ1) is 6.24. The van der Waals surface area contributed by atoms with E-state index in [0.29, 0.717) is 0 Å². The highest BCUT2D eigenvalue weighted by Crippen LogP contribution is 1.89. The molecular formula is C9H20N4.